The molecule has 0 radical (unpaired) electrons. The molecule has 0 aromatic heterocycles. The zero-order valence-electron chi connectivity index (χ0n) is 10.2. The molecule has 1 amide bonds. The van der Waals surface area contributed by atoms with Gasteiger partial charge in [-0.1, -0.05) is 25.1 Å². The molecule has 0 aliphatic heterocycles. The highest BCUT2D eigenvalue weighted by molar-refractivity contribution is 5.81. The van der Waals surface area contributed by atoms with Gasteiger partial charge in [0.1, 0.15) is 0 Å². The summed E-state index contributed by atoms with van der Waals surface area (Å²) in [6, 6.07) is 9.91. The van der Waals surface area contributed by atoms with Crippen LogP contribution in [0.5, 0.6) is 0 Å². The van der Waals surface area contributed by atoms with Crippen LogP contribution >= 0.6 is 0 Å². The molecule has 0 heterocycles. The number of nitrogens with two attached hydrogens (primary N) is 1. The number of primary amides is 1. The van der Waals surface area contributed by atoms with Crippen molar-refractivity contribution in [2.24, 2.45) is 11.1 Å². The summed E-state index contributed by atoms with van der Waals surface area (Å²) in [4.78, 5) is 11.4. The lowest BCUT2D eigenvalue weighted by Gasteiger charge is -2.32. The number of carbonyl (C=O) groups is 1. The van der Waals surface area contributed by atoms with E-state index >= 15 is 0 Å². The monoisotopic (exact) mass is 220 g/mol. The predicted molar refractivity (Wildman–Crippen MR) is 67.1 cm³/mol. The minimum Gasteiger partial charge on any atom is -0.381 e. The molecule has 3 heteroatoms. The third-order valence-electron chi connectivity index (χ3n) is 3.03. The summed E-state index contributed by atoms with van der Waals surface area (Å²) in [7, 11) is 0. The van der Waals surface area contributed by atoms with Crippen molar-refractivity contribution in [3.05, 3.63) is 30.3 Å². The Morgan fingerprint density at radius 3 is 2.38 bits per heavy atom. The maximum atomic E-state index is 11.4. The summed E-state index contributed by atoms with van der Waals surface area (Å²) in [5.41, 5.74) is 5.89. The van der Waals surface area contributed by atoms with Crippen molar-refractivity contribution in [3.8, 4) is 0 Å². The Balaban J connectivity index is 2.81. The summed E-state index contributed by atoms with van der Waals surface area (Å²) in [5, 5.41) is 3.35. The van der Waals surface area contributed by atoms with E-state index < -0.39 is 5.41 Å². The van der Waals surface area contributed by atoms with Crippen molar-refractivity contribution in [1.29, 1.82) is 0 Å². The molecule has 3 nitrogen and oxygen atoms in total. The number of nitrogens with one attached hydrogen (secondary N) is 1. The molecule has 3 N–H and O–H groups in total. The Labute approximate surface area is 97.0 Å². The molecular formula is C13H20N2O. The van der Waals surface area contributed by atoms with E-state index in [2.05, 4.69) is 5.32 Å². The maximum absolute atomic E-state index is 11.4. The summed E-state index contributed by atoms with van der Waals surface area (Å²) in [6.07, 6.45) is 0.852. The van der Waals surface area contributed by atoms with E-state index in [0.29, 0.717) is 0 Å². The number of amides is 1. The first-order chi connectivity index (χ1) is 7.48. The van der Waals surface area contributed by atoms with E-state index in [1.165, 1.54) is 0 Å². The first-order valence-corrected chi connectivity index (χ1v) is 5.60. The van der Waals surface area contributed by atoms with Gasteiger partial charge in [-0.05, 0) is 32.4 Å². The lowest BCUT2D eigenvalue weighted by atomic mass is 9.82. The van der Waals surface area contributed by atoms with Gasteiger partial charge in [-0.15, -0.1) is 0 Å². The molecular weight excluding hydrogens is 200 g/mol. The van der Waals surface area contributed by atoms with E-state index in [4.69, 9.17) is 5.73 Å². The second kappa shape index (κ2) is 5.01. The van der Waals surface area contributed by atoms with Crippen molar-refractivity contribution in [3.63, 3.8) is 0 Å². The molecule has 16 heavy (non-hydrogen) atoms. The highest BCUT2D eigenvalue weighted by Crippen LogP contribution is 2.25. The Kier molecular flexibility index (Phi) is 3.93. The quantitative estimate of drug-likeness (QED) is 0.800. The number of hydrogen-bond acceptors (Lipinski definition) is 2. The third kappa shape index (κ3) is 2.75. The molecule has 1 aromatic rings. The van der Waals surface area contributed by atoms with Crippen LogP contribution in [-0.2, 0) is 4.79 Å². The fourth-order valence-corrected chi connectivity index (χ4v) is 1.70. The first kappa shape index (κ1) is 12.6. The Bertz CT molecular complexity index is 346. The van der Waals surface area contributed by atoms with Gasteiger partial charge in [-0.3, -0.25) is 4.79 Å². The summed E-state index contributed by atoms with van der Waals surface area (Å²) in [5.74, 6) is -0.275. The minimum absolute atomic E-state index is 0.0485. The van der Waals surface area contributed by atoms with Gasteiger partial charge < -0.3 is 11.1 Å². The van der Waals surface area contributed by atoms with Crippen LogP contribution in [0.3, 0.4) is 0 Å². The zero-order valence-corrected chi connectivity index (χ0v) is 10.2. The van der Waals surface area contributed by atoms with Gasteiger partial charge in [0.25, 0.3) is 0 Å². The highest BCUT2D eigenvalue weighted by Gasteiger charge is 2.33. The normalized spacial score (nSPS) is 13.2. The fraction of sp³-hybridized carbons (Fsp3) is 0.462. The Morgan fingerprint density at radius 2 is 1.94 bits per heavy atom. The van der Waals surface area contributed by atoms with E-state index in [9.17, 15) is 4.79 Å². The molecule has 1 rings (SSSR count). The van der Waals surface area contributed by atoms with E-state index in [-0.39, 0.29) is 11.9 Å². The summed E-state index contributed by atoms with van der Waals surface area (Å²) in [6.45, 7) is 5.80. The standard InChI is InChI=1S/C13H20N2O/c1-4-11(13(2,3)12(14)16)15-10-8-6-5-7-9-10/h5-9,11,15H,4H2,1-3H3,(H2,14,16). The van der Waals surface area contributed by atoms with Crippen LogP contribution in [0.1, 0.15) is 27.2 Å². The number of anilines is 1. The van der Waals surface area contributed by atoms with Crippen LogP contribution in [0.2, 0.25) is 0 Å². The number of benzene rings is 1. The molecule has 0 aliphatic carbocycles. The smallest absolute Gasteiger partial charge is 0.225 e. The van der Waals surface area contributed by atoms with Crippen molar-refractivity contribution >= 4 is 11.6 Å². The highest BCUT2D eigenvalue weighted by atomic mass is 16.1. The molecule has 1 atom stereocenters. The molecule has 0 fully saturated rings. The molecule has 1 aromatic carbocycles. The van der Waals surface area contributed by atoms with Crippen LogP contribution in [0.15, 0.2) is 30.3 Å². The molecule has 0 saturated heterocycles. The summed E-state index contributed by atoms with van der Waals surface area (Å²) >= 11 is 0. The second-order valence-corrected chi connectivity index (χ2v) is 4.56. The van der Waals surface area contributed by atoms with Gasteiger partial charge in [0, 0.05) is 11.7 Å². The van der Waals surface area contributed by atoms with E-state index in [1.54, 1.807) is 0 Å². The lowest BCUT2D eigenvalue weighted by Crippen LogP contribution is -2.45. The van der Waals surface area contributed by atoms with Gasteiger partial charge in [0.2, 0.25) is 5.91 Å². The van der Waals surface area contributed by atoms with Gasteiger partial charge in [0.05, 0.1) is 5.41 Å². The Morgan fingerprint density at radius 1 is 1.38 bits per heavy atom. The summed E-state index contributed by atoms with van der Waals surface area (Å²) < 4.78 is 0. The van der Waals surface area contributed by atoms with E-state index in [1.807, 2.05) is 51.1 Å². The van der Waals surface area contributed by atoms with Crippen LogP contribution in [-0.4, -0.2) is 11.9 Å². The van der Waals surface area contributed by atoms with Crippen molar-refractivity contribution in [2.45, 2.75) is 33.2 Å². The number of rotatable bonds is 5. The van der Waals surface area contributed by atoms with Gasteiger partial charge >= 0.3 is 0 Å². The van der Waals surface area contributed by atoms with E-state index in [0.717, 1.165) is 12.1 Å². The average Bonchev–Trinajstić information content (AvgIpc) is 2.26. The second-order valence-electron chi connectivity index (χ2n) is 4.56. The van der Waals surface area contributed by atoms with Crippen molar-refractivity contribution in [2.75, 3.05) is 5.32 Å². The number of carbonyl (C=O) groups excluding carboxylic acids is 1. The van der Waals surface area contributed by atoms with Crippen LogP contribution in [0.25, 0.3) is 0 Å². The third-order valence-corrected chi connectivity index (χ3v) is 3.03. The first-order valence-electron chi connectivity index (χ1n) is 5.60. The fourth-order valence-electron chi connectivity index (χ4n) is 1.70. The largest absolute Gasteiger partial charge is 0.381 e. The predicted octanol–water partition coefficient (Wildman–Crippen LogP) is 2.39. The molecule has 0 spiro atoms. The topological polar surface area (TPSA) is 55.1 Å². The average molecular weight is 220 g/mol. The van der Waals surface area contributed by atoms with Crippen LogP contribution in [0, 0.1) is 5.41 Å². The molecule has 1 unspecified atom stereocenters. The molecule has 0 saturated carbocycles. The van der Waals surface area contributed by atoms with Crippen LogP contribution in [0.4, 0.5) is 5.69 Å². The van der Waals surface area contributed by atoms with Crippen LogP contribution < -0.4 is 11.1 Å². The molecule has 0 aliphatic rings. The van der Waals surface area contributed by atoms with Gasteiger partial charge in [-0.2, -0.15) is 0 Å². The van der Waals surface area contributed by atoms with Gasteiger partial charge in [0.15, 0.2) is 0 Å². The SMILES string of the molecule is CCC(Nc1ccccc1)C(C)(C)C(N)=O. The molecule has 88 valence electrons. The zero-order chi connectivity index (χ0) is 12.2. The minimum atomic E-state index is -0.551. The van der Waals surface area contributed by atoms with Crippen molar-refractivity contribution in [1.82, 2.24) is 0 Å². The molecule has 0 bridgehead atoms. The van der Waals surface area contributed by atoms with Crippen molar-refractivity contribution < 1.29 is 4.79 Å². The number of para-hydroxylation sites is 1. The number of hydrogen-bond donors (Lipinski definition) is 2. The maximum Gasteiger partial charge on any atom is 0.225 e. The Hall–Kier alpha value is -1.51. The van der Waals surface area contributed by atoms with Gasteiger partial charge in [-0.25, -0.2) is 0 Å². The lowest BCUT2D eigenvalue weighted by molar-refractivity contribution is -0.126.